The molecule has 0 unspecified atom stereocenters. The Bertz CT molecular complexity index is 2690. The number of hydrogen-bond donors (Lipinski definition) is 0. The highest BCUT2D eigenvalue weighted by atomic mass is 15.0. The van der Waals surface area contributed by atoms with Crippen molar-refractivity contribution in [3.05, 3.63) is 144 Å². The number of para-hydroxylation sites is 2. The Kier molecular flexibility index (Phi) is 9.62. The number of hydrogen-bond acceptors (Lipinski definition) is 0. The molecule has 274 valence electrons. The molecule has 0 aliphatic heterocycles. The van der Waals surface area contributed by atoms with E-state index in [1.54, 1.807) is 0 Å². The third kappa shape index (κ3) is 6.46. The normalized spacial score (nSPS) is 12.4. The Morgan fingerprint density at radius 2 is 0.600 bits per heavy atom. The van der Waals surface area contributed by atoms with Gasteiger partial charge in [-0.1, -0.05) is 125 Å². The van der Waals surface area contributed by atoms with Crippen molar-refractivity contribution in [3.63, 3.8) is 0 Å². The highest BCUT2D eigenvalue weighted by Crippen LogP contribution is 2.35. The Morgan fingerprint density at radius 3 is 0.909 bits per heavy atom. The van der Waals surface area contributed by atoms with Crippen LogP contribution in [-0.2, 0) is 19.6 Å². The first-order valence-electron chi connectivity index (χ1n) is 20.6. The first-order valence-corrected chi connectivity index (χ1v) is 20.6. The summed E-state index contributed by atoms with van der Waals surface area (Å²) in [6.07, 6.45) is 16.2. The first kappa shape index (κ1) is 34.9. The first-order chi connectivity index (χ1) is 27.1. The summed E-state index contributed by atoms with van der Waals surface area (Å²) in [5, 5.41) is 7.99. The predicted molar refractivity (Wildman–Crippen MR) is 241 cm³/mol. The SMILES string of the molecule is CCCCn1c2ccccc2c2cc(/C=C/c3ccc4c(c3)c3cc(/C=C/c5ccc6c(c5)c5ccccc5n6CCCC)ccc3n4CCCC)ccc21. The van der Waals surface area contributed by atoms with E-state index in [1.807, 2.05) is 0 Å². The van der Waals surface area contributed by atoms with Gasteiger partial charge in [0.05, 0.1) is 0 Å². The van der Waals surface area contributed by atoms with Gasteiger partial charge in [0.1, 0.15) is 0 Å². The second kappa shape index (κ2) is 15.1. The average Bonchev–Trinajstić information content (AvgIpc) is 3.83. The van der Waals surface area contributed by atoms with Gasteiger partial charge in [0.15, 0.2) is 0 Å². The molecule has 9 rings (SSSR count). The highest BCUT2D eigenvalue weighted by molar-refractivity contribution is 6.11. The van der Waals surface area contributed by atoms with Crippen LogP contribution in [0.15, 0.2) is 121 Å². The molecule has 0 amide bonds. The van der Waals surface area contributed by atoms with Gasteiger partial charge >= 0.3 is 0 Å². The van der Waals surface area contributed by atoms with E-state index >= 15 is 0 Å². The predicted octanol–water partition coefficient (Wildman–Crippen LogP) is 14.8. The lowest BCUT2D eigenvalue weighted by atomic mass is 10.0. The monoisotopic (exact) mass is 717 g/mol. The van der Waals surface area contributed by atoms with Gasteiger partial charge in [-0.05, 0) is 102 Å². The van der Waals surface area contributed by atoms with Crippen molar-refractivity contribution in [2.45, 2.75) is 78.9 Å². The molecule has 0 atom stereocenters. The molecule has 3 heterocycles. The van der Waals surface area contributed by atoms with E-state index < -0.39 is 0 Å². The summed E-state index contributed by atoms with van der Waals surface area (Å²) >= 11 is 0. The lowest BCUT2D eigenvalue weighted by Gasteiger charge is -2.07. The van der Waals surface area contributed by atoms with Crippen LogP contribution in [0, 0.1) is 0 Å². The number of aryl methyl sites for hydroxylation is 3. The van der Waals surface area contributed by atoms with Crippen LogP contribution in [0.4, 0.5) is 0 Å². The summed E-state index contributed by atoms with van der Waals surface area (Å²) in [6, 6.07) is 45.6. The van der Waals surface area contributed by atoms with E-state index in [2.05, 4.69) is 180 Å². The topological polar surface area (TPSA) is 14.8 Å². The van der Waals surface area contributed by atoms with Gasteiger partial charge in [-0.3, -0.25) is 0 Å². The zero-order valence-corrected chi connectivity index (χ0v) is 32.6. The van der Waals surface area contributed by atoms with Crippen molar-refractivity contribution in [2.75, 3.05) is 0 Å². The Hall–Kier alpha value is -5.80. The summed E-state index contributed by atoms with van der Waals surface area (Å²) in [5.41, 5.74) is 12.8. The summed E-state index contributed by atoms with van der Waals surface area (Å²) in [6.45, 7) is 9.95. The molecule has 0 aliphatic carbocycles. The minimum absolute atomic E-state index is 1.03. The molecule has 0 N–H and O–H groups in total. The van der Waals surface area contributed by atoms with Gasteiger partial charge in [0, 0.05) is 85.1 Å². The molecular formula is C52H51N3. The summed E-state index contributed by atoms with van der Waals surface area (Å²) in [4.78, 5) is 0. The quantitative estimate of drug-likeness (QED) is 0.106. The van der Waals surface area contributed by atoms with Crippen molar-refractivity contribution in [1.82, 2.24) is 13.7 Å². The number of nitrogens with zero attached hydrogens (tertiary/aromatic N) is 3. The smallest absolute Gasteiger partial charge is 0.0491 e. The van der Waals surface area contributed by atoms with Crippen LogP contribution in [0.25, 0.3) is 89.7 Å². The van der Waals surface area contributed by atoms with Gasteiger partial charge in [-0.15, -0.1) is 0 Å². The second-order valence-electron chi connectivity index (χ2n) is 15.3. The molecule has 0 fully saturated rings. The van der Waals surface area contributed by atoms with E-state index in [4.69, 9.17) is 0 Å². The summed E-state index contributed by atoms with van der Waals surface area (Å²) in [5.74, 6) is 0. The molecule has 0 aliphatic rings. The number of rotatable bonds is 13. The fourth-order valence-corrected chi connectivity index (χ4v) is 8.75. The van der Waals surface area contributed by atoms with Crippen molar-refractivity contribution in [2.24, 2.45) is 0 Å². The van der Waals surface area contributed by atoms with Gasteiger partial charge in [-0.25, -0.2) is 0 Å². The van der Waals surface area contributed by atoms with Crippen LogP contribution in [-0.4, -0.2) is 13.7 Å². The van der Waals surface area contributed by atoms with Crippen molar-refractivity contribution >= 4 is 89.7 Å². The van der Waals surface area contributed by atoms with Crippen LogP contribution in [0.3, 0.4) is 0 Å². The molecule has 0 spiro atoms. The number of aromatic nitrogens is 3. The molecule has 3 heteroatoms. The van der Waals surface area contributed by atoms with E-state index in [0.717, 1.165) is 26.1 Å². The van der Waals surface area contributed by atoms with E-state index in [0.29, 0.717) is 0 Å². The molecule has 6 aromatic carbocycles. The summed E-state index contributed by atoms with van der Waals surface area (Å²) in [7, 11) is 0. The highest BCUT2D eigenvalue weighted by Gasteiger charge is 2.14. The number of fused-ring (bicyclic) bond motifs is 9. The zero-order valence-electron chi connectivity index (χ0n) is 32.6. The molecule has 0 bridgehead atoms. The standard InChI is InChI=1S/C52H51N3/c1-4-7-30-53-47-16-12-10-14-41(47)43-33-37(22-26-49(43)53)18-20-39-24-28-51-45(35-39)46-36-40(25-29-52(46)55(51)32-9-6-3)21-19-38-23-27-50-44(34-38)42-15-11-13-17-48(42)54(50)31-8-5-2/h10-29,33-36H,4-9,30-32H2,1-3H3/b20-18+,21-19+. The minimum atomic E-state index is 1.03. The van der Waals surface area contributed by atoms with Crippen LogP contribution in [0.2, 0.25) is 0 Å². The lowest BCUT2D eigenvalue weighted by molar-refractivity contribution is 0.665. The van der Waals surface area contributed by atoms with Gasteiger partial charge in [0.25, 0.3) is 0 Å². The van der Waals surface area contributed by atoms with Gasteiger partial charge in [0.2, 0.25) is 0 Å². The Morgan fingerprint density at radius 1 is 0.327 bits per heavy atom. The second-order valence-corrected chi connectivity index (χ2v) is 15.3. The third-order valence-corrected chi connectivity index (χ3v) is 11.6. The van der Waals surface area contributed by atoms with Crippen LogP contribution < -0.4 is 0 Å². The third-order valence-electron chi connectivity index (χ3n) is 11.6. The molecule has 0 saturated heterocycles. The molecule has 3 nitrogen and oxygen atoms in total. The molecule has 0 saturated carbocycles. The van der Waals surface area contributed by atoms with Crippen LogP contribution in [0.5, 0.6) is 0 Å². The minimum Gasteiger partial charge on any atom is -0.340 e. The number of benzene rings is 6. The largest absolute Gasteiger partial charge is 0.340 e. The molecule has 3 aromatic heterocycles. The molecule has 0 radical (unpaired) electrons. The summed E-state index contributed by atoms with van der Waals surface area (Å²) < 4.78 is 7.53. The lowest BCUT2D eigenvalue weighted by Crippen LogP contribution is -1.97. The maximum absolute atomic E-state index is 2.53. The fourth-order valence-electron chi connectivity index (χ4n) is 8.75. The average molecular weight is 718 g/mol. The van der Waals surface area contributed by atoms with Crippen molar-refractivity contribution in [3.8, 4) is 0 Å². The van der Waals surface area contributed by atoms with Crippen LogP contribution in [0.1, 0.15) is 81.5 Å². The Labute approximate surface area is 324 Å². The zero-order chi connectivity index (χ0) is 37.3. The van der Waals surface area contributed by atoms with Gasteiger partial charge in [-0.2, -0.15) is 0 Å². The van der Waals surface area contributed by atoms with E-state index in [1.165, 1.54) is 120 Å². The number of unbranched alkanes of at least 4 members (excludes halogenated alkanes) is 3. The molecule has 55 heavy (non-hydrogen) atoms. The van der Waals surface area contributed by atoms with E-state index in [9.17, 15) is 0 Å². The maximum Gasteiger partial charge on any atom is 0.0491 e. The maximum atomic E-state index is 2.53. The van der Waals surface area contributed by atoms with Crippen molar-refractivity contribution < 1.29 is 0 Å². The Balaban J connectivity index is 1.06. The van der Waals surface area contributed by atoms with Crippen LogP contribution >= 0.6 is 0 Å². The fraction of sp³-hybridized carbons (Fsp3) is 0.231. The van der Waals surface area contributed by atoms with E-state index in [-0.39, 0.29) is 0 Å². The van der Waals surface area contributed by atoms with Crippen molar-refractivity contribution in [1.29, 1.82) is 0 Å². The van der Waals surface area contributed by atoms with Gasteiger partial charge < -0.3 is 13.7 Å². The molecular weight excluding hydrogens is 667 g/mol. The molecule has 9 aromatic rings.